The Balaban J connectivity index is 1.81. The van der Waals surface area contributed by atoms with Crippen molar-refractivity contribution >= 4 is 0 Å². The van der Waals surface area contributed by atoms with E-state index in [4.69, 9.17) is 0 Å². The molecule has 4 heteroatoms. The monoisotopic (exact) mass is 217 g/mol. The highest BCUT2D eigenvalue weighted by Gasteiger charge is 1.97. The predicted molar refractivity (Wildman–Crippen MR) is 60.7 cm³/mol. The normalized spacial score (nSPS) is 10.6. The molecule has 0 radical (unpaired) electrons. The van der Waals surface area contributed by atoms with Gasteiger partial charge in [-0.15, -0.1) is 0 Å². The van der Waals surface area contributed by atoms with Crippen LogP contribution in [0.3, 0.4) is 0 Å². The van der Waals surface area contributed by atoms with Crippen LogP contribution in [0.1, 0.15) is 23.9 Å². The molecule has 0 aliphatic rings. The number of benzene rings is 1. The molecule has 0 aliphatic heterocycles. The third-order valence-electron chi connectivity index (χ3n) is 2.45. The Morgan fingerprint density at radius 1 is 1.12 bits per heavy atom. The van der Waals surface area contributed by atoms with Crippen LogP contribution < -0.4 is 5.32 Å². The van der Waals surface area contributed by atoms with E-state index in [0.717, 1.165) is 13.0 Å². The van der Waals surface area contributed by atoms with Crippen LogP contribution in [0.25, 0.3) is 0 Å². The second kappa shape index (κ2) is 5.42. The summed E-state index contributed by atoms with van der Waals surface area (Å²) in [5.74, 6) is 0.685. The van der Waals surface area contributed by atoms with Gasteiger partial charge in [-0.1, -0.05) is 36.3 Å². The molecule has 84 valence electrons. The lowest BCUT2D eigenvalue weighted by atomic mass is 10.1. The van der Waals surface area contributed by atoms with E-state index in [2.05, 4.69) is 51.2 Å². The quantitative estimate of drug-likeness (QED) is 0.831. The highest BCUT2D eigenvalue weighted by atomic mass is 16.5. The van der Waals surface area contributed by atoms with Crippen molar-refractivity contribution < 1.29 is 4.52 Å². The molecule has 2 rings (SSSR count). The van der Waals surface area contributed by atoms with Crippen LogP contribution in [-0.2, 0) is 19.5 Å². The molecular weight excluding hydrogens is 202 g/mol. The van der Waals surface area contributed by atoms with E-state index >= 15 is 0 Å². The first-order valence-electron chi connectivity index (χ1n) is 5.42. The fourth-order valence-electron chi connectivity index (χ4n) is 1.48. The second-order valence-electron chi connectivity index (χ2n) is 3.62. The zero-order valence-electron chi connectivity index (χ0n) is 9.31. The summed E-state index contributed by atoms with van der Waals surface area (Å²) >= 11 is 0. The molecule has 1 aromatic heterocycles. The van der Waals surface area contributed by atoms with Crippen molar-refractivity contribution in [1.82, 2.24) is 15.5 Å². The van der Waals surface area contributed by atoms with Crippen molar-refractivity contribution in [2.45, 2.75) is 26.4 Å². The maximum atomic E-state index is 4.65. The van der Waals surface area contributed by atoms with Crippen molar-refractivity contribution in [3.8, 4) is 0 Å². The van der Waals surface area contributed by atoms with Crippen molar-refractivity contribution in [2.75, 3.05) is 0 Å². The minimum Gasteiger partial charge on any atom is -0.343 e. The minimum atomic E-state index is 0.631. The van der Waals surface area contributed by atoms with Gasteiger partial charge in [0, 0.05) is 6.54 Å². The van der Waals surface area contributed by atoms with E-state index in [0.29, 0.717) is 12.4 Å². The largest absolute Gasteiger partial charge is 0.343 e. The first-order chi connectivity index (χ1) is 7.88. The Bertz CT molecular complexity index is 408. The molecule has 0 bridgehead atoms. The van der Waals surface area contributed by atoms with Crippen LogP contribution in [0.15, 0.2) is 35.2 Å². The number of aromatic nitrogens is 2. The molecular formula is C12H15N3O. The molecule has 0 fully saturated rings. The summed E-state index contributed by atoms with van der Waals surface area (Å²) in [6.45, 7) is 3.61. The highest BCUT2D eigenvalue weighted by molar-refractivity contribution is 5.22. The summed E-state index contributed by atoms with van der Waals surface area (Å²) in [5.41, 5.74) is 2.63. The molecule has 0 spiro atoms. The van der Waals surface area contributed by atoms with Crippen LogP contribution in [-0.4, -0.2) is 10.1 Å². The van der Waals surface area contributed by atoms with Gasteiger partial charge in [-0.25, -0.2) is 0 Å². The van der Waals surface area contributed by atoms with E-state index in [9.17, 15) is 0 Å². The standard InChI is InChI=1S/C12H15N3O/c1-2-10-3-5-11(6-4-10)7-13-8-12-14-9-16-15-12/h3-6,9,13H,2,7-8H2,1H3. The summed E-state index contributed by atoms with van der Waals surface area (Å²) in [7, 11) is 0. The number of hydrogen-bond donors (Lipinski definition) is 1. The van der Waals surface area contributed by atoms with Crippen LogP contribution in [0.5, 0.6) is 0 Å². The molecule has 0 saturated heterocycles. The maximum absolute atomic E-state index is 4.65. The third-order valence-corrected chi connectivity index (χ3v) is 2.45. The number of nitrogens with zero attached hydrogens (tertiary/aromatic N) is 2. The summed E-state index contributed by atoms with van der Waals surface area (Å²) in [5, 5.41) is 6.98. The smallest absolute Gasteiger partial charge is 0.213 e. The van der Waals surface area contributed by atoms with E-state index in [1.165, 1.54) is 17.5 Å². The van der Waals surface area contributed by atoms with Gasteiger partial charge in [-0.2, -0.15) is 4.98 Å². The molecule has 16 heavy (non-hydrogen) atoms. The van der Waals surface area contributed by atoms with Gasteiger partial charge >= 0.3 is 0 Å². The van der Waals surface area contributed by atoms with E-state index in [1.807, 2.05) is 0 Å². The number of nitrogens with one attached hydrogen (secondary N) is 1. The van der Waals surface area contributed by atoms with Crippen LogP contribution in [0.4, 0.5) is 0 Å². The Morgan fingerprint density at radius 2 is 1.88 bits per heavy atom. The topological polar surface area (TPSA) is 51.0 Å². The lowest BCUT2D eigenvalue weighted by Gasteiger charge is -2.03. The van der Waals surface area contributed by atoms with Gasteiger partial charge in [0.05, 0.1) is 6.54 Å². The maximum Gasteiger partial charge on any atom is 0.213 e. The number of hydrogen-bond acceptors (Lipinski definition) is 4. The predicted octanol–water partition coefficient (Wildman–Crippen LogP) is 1.92. The van der Waals surface area contributed by atoms with Crippen molar-refractivity contribution in [3.63, 3.8) is 0 Å². The van der Waals surface area contributed by atoms with Gasteiger partial charge < -0.3 is 9.84 Å². The highest BCUT2D eigenvalue weighted by Crippen LogP contribution is 2.04. The van der Waals surface area contributed by atoms with Crippen molar-refractivity contribution in [3.05, 3.63) is 47.6 Å². The Morgan fingerprint density at radius 3 is 2.50 bits per heavy atom. The Hall–Kier alpha value is -1.68. The first-order valence-corrected chi connectivity index (χ1v) is 5.42. The van der Waals surface area contributed by atoms with E-state index in [-0.39, 0.29) is 0 Å². The SMILES string of the molecule is CCc1ccc(CNCc2ncon2)cc1. The van der Waals surface area contributed by atoms with Gasteiger partial charge in [0.2, 0.25) is 6.39 Å². The molecule has 0 unspecified atom stereocenters. The molecule has 0 aliphatic carbocycles. The van der Waals surface area contributed by atoms with Crippen molar-refractivity contribution in [1.29, 1.82) is 0 Å². The lowest BCUT2D eigenvalue weighted by Crippen LogP contribution is -2.13. The van der Waals surface area contributed by atoms with Gasteiger partial charge in [0.15, 0.2) is 5.82 Å². The summed E-state index contributed by atoms with van der Waals surface area (Å²) in [4.78, 5) is 3.93. The Labute approximate surface area is 94.7 Å². The molecule has 1 aromatic carbocycles. The molecule has 2 aromatic rings. The summed E-state index contributed by atoms with van der Waals surface area (Å²) in [6.07, 6.45) is 2.42. The minimum absolute atomic E-state index is 0.631. The van der Waals surface area contributed by atoms with Crippen molar-refractivity contribution in [2.24, 2.45) is 0 Å². The fraction of sp³-hybridized carbons (Fsp3) is 0.333. The zero-order chi connectivity index (χ0) is 11.2. The van der Waals surface area contributed by atoms with Gasteiger partial charge in [-0.05, 0) is 17.5 Å². The first kappa shape index (κ1) is 10.8. The second-order valence-corrected chi connectivity index (χ2v) is 3.62. The van der Waals surface area contributed by atoms with E-state index < -0.39 is 0 Å². The molecule has 0 amide bonds. The van der Waals surface area contributed by atoms with Gasteiger partial charge in [0.1, 0.15) is 0 Å². The Kier molecular flexibility index (Phi) is 3.66. The van der Waals surface area contributed by atoms with Crippen LogP contribution in [0.2, 0.25) is 0 Å². The fourth-order valence-corrected chi connectivity index (χ4v) is 1.48. The molecule has 1 heterocycles. The van der Waals surface area contributed by atoms with E-state index in [1.54, 1.807) is 0 Å². The van der Waals surface area contributed by atoms with Crippen LogP contribution in [0, 0.1) is 0 Å². The van der Waals surface area contributed by atoms with Gasteiger partial charge in [-0.3, -0.25) is 0 Å². The molecule has 1 N–H and O–H groups in total. The zero-order valence-corrected chi connectivity index (χ0v) is 9.31. The summed E-state index contributed by atoms with van der Waals surface area (Å²) in [6, 6.07) is 8.60. The number of aryl methyl sites for hydroxylation is 1. The third kappa shape index (κ3) is 2.90. The summed E-state index contributed by atoms with van der Waals surface area (Å²) < 4.78 is 4.65. The van der Waals surface area contributed by atoms with Crippen LogP contribution >= 0.6 is 0 Å². The number of rotatable bonds is 5. The average Bonchev–Trinajstić information content (AvgIpc) is 2.83. The lowest BCUT2D eigenvalue weighted by molar-refractivity contribution is 0.407. The average molecular weight is 217 g/mol. The van der Waals surface area contributed by atoms with Gasteiger partial charge in [0.25, 0.3) is 0 Å². The molecule has 0 atom stereocenters. The molecule has 0 saturated carbocycles. The molecule has 4 nitrogen and oxygen atoms in total.